The molecule has 9 nitrogen and oxygen atoms in total. The van der Waals surface area contributed by atoms with E-state index in [1.807, 2.05) is 0 Å². The molecule has 186 valence electrons. The van der Waals surface area contributed by atoms with Crippen LogP contribution in [0, 0.1) is 5.92 Å². The minimum Gasteiger partial charge on any atom is -0.497 e. The molecule has 0 aliphatic carbocycles. The summed E-state index contributed by atoms with van der Waals surface area (Å²) >= 11 is 6.14. The van der Waals surface area contributed by atoms with Crippen LogP contribution in [0.5, 0.6) is 11.5 Å². The summed E-state index contributed by atoms with van der Waals surface area (Å²) in [5, 5.41) is 10.3. The number of carbonyl (C=O) groups is 3. The van der Waals surface area contributed by atoms with Crippen molar-refractivity contribution >= 4 is 35.2 Å². The Morgan fingerprint density at radius 1 is 1.17 bits per heavy atom. The third-order valence-electron chi connectivity index (χ3n) is 5.80. The fourth-order valence-electron chi connectivity index (χ4n) is 3.97. The second-order valence-corrected chi connectivity index (χ2v) is 8.62. The van der Waals surface area contributed by atoms with Gasteiger partial charge in [0, 0.05) is 36.9 Å². The number of ether oxygens (including phenoxy) is 2. The second kappa shape index (κ2) is 11.7. The third-order valence-corrected chi connectivity index (χ3v) is 6.03. The quantitative estimate of drug-likeness (QED) is 0.528. The molecule has 0 saturated heterocycles. The summed E-state index contributed by atoms with van der Waals surface area (Å²) < 4.78 is 10.7. The fraction of sp³-hybridized carbons (Fsp3) is 0.360. The highest BCUT2D eigenvalue weighted by Gasteiger charge is 2.42. The van der Waals surface area contributed by atoms with Crippen LogP contribution < -0.4 is 9.47 Å². The van der Waals surface area contributed by atoms with Crippen molar-refractivity contribution in [2.45, 2.75) is 19.4 Å². The zero-order chi connectivity index (χ0) is 25.5. The molecule has 3 rings (SSSR count). The van der Waals surface area contributed by atoms with Gasteiger partial charge in [0.15, 0.2) is 6.61 Å². The average molecular weight is 502 g/mol. The number of halogens is 1. The number of aliphatic carboxylic acids is 1. The maximum atomic E-state index is 12.8. The van der Waals surface area contributed by atoms with Crippen LogP contribution in [0.25, 0.3) is 0 Å². The van der Waals surface area contributed by atoms with E-state index >= 15 is 0 Å². The van der Waals surface area contributed by atoms with E-state index in [-0.39, 0.29) is 24.8 Å². The maximum absolute atomic E-state index is 12.8. The van der Waals surface area contributed by atoms with Gasteiger partial charge in [0.2, 0.25) is 0 Å². The molecule has 1 N–H and O–H groups in total. The van der Waals surface area contributed by atoms with Gasteiger partial charge in [0.25, 0.3) is 5.91 Å². The highest BCUT2D eigenvalue weighted by atomic mass is 35.5. The number of carboxylic acids is 1. The van der Waals surface area contributed by atoms with E-state index < -0.39 is 24.0 Å². The van der Waals surface area contributed by atoms with Crippen LogP contribution in [0.1, 0.15) is 24.9 Å². The Balaban J connectivity index is 1.64. The van der Waals surface area contributed by atoms with E-state index in [4.69, 9.17) is 21.1 Å². The smallest absolute Gasteiger partial charge is 0.344 e. The first-order chi connectivity index (χ1) is 16.7. The SMILES string of the molecule is COc1cccc(OCC(=O)N(C)CCCN2C(=O)N=C(C)C(C(=O)O)C2c2cccc(Cl)c2)c1. The number of hydrogen-bond acceptors (Lipinski definition) is 5. The summed E-state index contributed by atoms with van der Waals surface area (Å²) in [6.07, 6.45) is 0.422. The first-order valence-electron chi connectivity index (χ1n) is 11.1. The highest BCUT2D eigenvalue weighted by molar-refractivity contribution is 6.30. The fourth-order valence-corrected chi connectivity index (χ4v) is 4.17. The Morgan fingerprint density at radius 3 is 2.57 bits per heavy atom. The number of rotatable bonds is 10. The van der Waals surface area contributed by atoms with Gasteiger partial charge >= 0.3 is 12.0 Å². The Kier molecular flexibility index (Phi) is 8.70. The minimum atomic E-state index is -1.07. The Morgan fingerprint density at radius 2 is 1.89 bits per heavy atom. The third kappa shape index (κ3) is 6.51. The number of nitrogens with zero attached hydrogens (tertiary/aromatic N) is 3. The van der Waals surface area contributed by atoms with Crippen molar-refractivity contribution in [3.63, 3.8) is 0 Å². The van der Waals surface area contributed by atoms with Gasteiger partial charge in [-0.1, -0.05) is 29.8 Å². The van der Waals surface area contributed by atoms with Gasteiger partial charge in [-0.3, -0.25) is 9.59 Å². The van der Waals surface area contributed by atoms with E-state index in [9.17, 15) is 19.5 Å². The summed E-state index contributed by atoms with van der Waals surface area (Å²) in [5.41, 5.74) is 0.856. The van der Waals surface area contributed by atoms with E-state index in [2.05, 4.69) is 4.99 Å². The molecule has 3 amide bonds. The van der Waals surface area contributed by atoms with Crippen LogP contribution in [0.4, 0.5) is 4.79 Å². The standard InChI is InChI=1S/C25H28ClN3O6/c1-16-22(24(31)32)23(17-7-4-8-18(26)13-17)29(25(33)27-16)12-6-11-28(2)21(30)15-35-20-10-5-9-19(14-20)34-3/h4-5,7-10,13-14,22-23H,6,11-12,15H2,1-3H3,(H,31,32). The van der Waals surface area contributed by atoms with Crippen LogP contribution >= 0.6 is 11.6 Å². The van der Waals surface area contributed by atoms with Gasteiger partial charge in [-0.2, -0.15) is 0 Å². The molecule has 1 aliphatic heterocycles. The lowest BCUT2D eigenvalue weighted by molar-refractivity contribution is -0.141. The molecule has 2 unspecified atom stereocenters. The van der Waals surface area contributed by atoms with Gasteiger partial charge in [0.1, 0.15) is 17.4 Å². The van der Waals surface area contributed by atoms with Crippen LogP contribution in [0.2, 0.25) is 5.02 Å². The van der Waals surface area contributed by atoms with Gasteiger partial charge in [0.05, 0.1) is 13.2 Å². The topological polar surface area (TPSA) is 109 Å². The molecule has 0 radical (unpaired) electrons. The number of likely N-dealkylation sites (N-methyl/N-ethyl adjacent to an activating group) is 1. The number of amides is 3. The van der Waals surface area contributed by atoms with Crippen LogP contribution in [0.15, 0.2) is 53.5 Å². The zero-order valence-electron chi connectivity index (χ0n) is 19.8. The molecule has 2 aromatic carbocycles. The largest absolute Gasteiger partial charge is 0.497 e. The average Bonchev–Trinajstić information content (AvgIpc) is 2.83. The molecule has 10 heteroatoms. The number of aliphatic imine (C=N–C) groups is 1. The number of carboxylic acid groups (broad SMARTS) is 1. The van der Waals surface area contributed by atoms with E-state index in [0.717, 1.165) is 0 Å². The van der Waals surface area contributed by atoms with Gasteiger partial charge in [-0.15, -0.1) is 0 Å². The van der Waals surface area contributed by atoms with Crippen molar-refractivity contribution in [3.8, 4) is 11.5 Å². The Hall–Kier alpha value is -3.59. The Labute approximate surface area is 208 Å². The molecule has 1 aliphatic rings. The van der Waals surface area contributed by atoms with Crippen LogP contribution in [-0.2, 0) is 9.59 Å². The predicted molar refractivity (Wildman–Crippen MR) is 131 cm³/mol. The van der Waals surface area contributed by atoms with Crippen molar-refractivity contribution in [2.24, 2.45) is 10.9 Å². The Bertz CT molecular complexity index is 1120. The lowest BCUT2D eigenvalue weighted by atomic mass is 9.87. The molecule has 0 spiro atoms. The van der Waals surface area contributed by atoms with Crippen molar-refractivity contribution in [2.75, 3.05) is 33.9 Å². The molecule has 2 aromatic rings. The van der Waals surface area contributed by atoms with Crippen molar-refractivity contribution in [1.82, 2.24) is 9.80 Å². The lowest BCUT2D eigenvalue weighted by Gasteiger charge is -2.38. The monoisotopic (exact) mass is 501 g/mol. The summed E-state index contributed by atoms with van der Waals surface area (Å²) in [6.45, 7) is 1.94. The molecule has 1 heterocycles. The molecule has 0 saturated carbocycles. The first-order valence-corrected chi connectivity index (χ1v) is 11.4. The molecule has 35 heavy (non-hydrogen) atoms. The number of hydrogen-bond donors (Lipinski definition) is 1. The van der Waals surface area contributed by atoms with Gasteiger partial charge in [-0.05, 0) is 43.2 Å². The maximum Gasteiger partial charge on any atom is 0.344 e. The molecule has 0 aromatic heterocycles. The molecule has 2 atom stereocenters. The summed E-state index contributed by atoms with van der Waals surface area (Å²) in [6, 6.07) is 12.5. The van der Waals surface area contributed by atoms with Gasteiger partial charge < -0.3 is 24.4 Å². The van der Waals surface area contributed by atoms with E-state index in [0.29, 0.717) is 35.1 Å². The normalized spacial score (nSPS) is 17.5. The second-order valence-electron chi connectivity index (χ2n) is 8.18. The number of methoxy groups -OCH3 is 1. The number of carbonyl (C=O) groups excluding carboxylic acids is 2. The predicted octanol–water partition coefficient (Wildman–Crippen LogP) is 3.91. The number of urea groups is 1. The lowest BCUT2D eigenvalue weighted by Crippen LogP contribution is -2.47. The molecule has 0 bridgehead atoms. The van der Waals surface area contributed by atoms with E-state index in [1.54, 1.807) is 69.6 Å². The van der Waals surface area contributed by atoms with Crippen LogP contribution in [0.3, 0.4) is 0 Å². The summed E-state index contributed by atoms with van der Waals surface area (Å²) in [7, 11) is 3.19. The first kappa shape index (κ1) is 26.0. The molecular formula is C25H28ClN3O6. The van der Waals surface area contributed by atoms with Crippen LogP contribution in [-0.4, -0.2) is 72.4 Å². The van der Waals surface area contributed by atoms with E-state index in [1.165, 1.54) is 9.80 Å². The minimum absolute atomic E-state index is 0.151. The van der Waals surface area contributed by atoms with Crippen molar-refractivity contribution in [3.05, 3.63) is 59.1 Å². The molecular weight excluding hydrogens is 474 g/mol. The molecule has 0 fully saturated rings. The summed E-state index contributed by atoms with van der Waals surface area (Å²) in [4.78, 5) is 44.2. The number of benzene rings is 2. The zero-order valence-corrected chi connectivity index (χ0v) is 20.6. The van der Waals surface area contributed by atoms with Crippen molar-refractivity contribution < 1.29 is 29.0 Å². The van der Waals surface area contributed by atoms with Gasteiger partial charge in [-0.25, -0.2) is 9.79 Å². The van der Waals surface area contributed by atoms with Crippen molar-refractivity contribution in [1.29, 1.82) is 0 Å². The highest BCUT2D eigenvalue weighted by Crippen LogP contribution is 2.35. The summed E-state index contributed by atoms with van der Waals surface area (Å²) in [5.74, 6) is -1.16.